The Morgan fingerprint density at radius 2 is 1.91 bits per heavy atom. The molecule has 1 aliphatic rings. The van der Waals surface area contributed by atoms with Gasteiger partial charge in [0.25, 0.3) is 0 Å². The van der Waals surface area contributed by atoms with E-state index < -0.39 is 9.84 Å². The summed E-state index contributed by atoms with van der Waals surface area (Å²) in [5.41, 5.74) is 1.90. The largest absolute Gasteiger partial charge is 0.356 e. The summed E-state index contributed by atoms with van der Waals surface area (Å²) in [4.78, 5) is 2.24. The highest BCUT2D eigenvalue weighted by Gasteiger charge is 2.28. The second kappa shape index (κ2) is 6.84. The Labute approximate surface area is 137 Å². The highest BCUT2D eigenvalue weighted by Crippen LogP contribution is 2.23. The van der Waals surface area contributed by atoms with Crippen LogP contribution in [-0.4, -0.2) is 42.6 Å². The van der Waals surface area contributed by atoms with Crippen molar-refractivity contribution in [3.8, 4) is 11.3 Å². The van der Waals surface area contributed by atoms with E-state index in [1.165, 1.54) is 0 Å². The van der Waals surface area contributed by atoms with Crippen LogP contribution in [0.3, 0.4) is 0 Å². The van der Waals surface area contributed by atoms with Crippen LogP contribution in [0.4, 0.5) is 0 Å². The summed E-state index contributed by atoms with van der Waals surface area (Å²) in [5, 5.41) is 3.96. The Kier molecular flexibility index (Phi) is 4.82. The van der Waals surface area contributed by atoms with Crippen LogP contribution in [0.2, 0.25) is 0 Å². The quantitative estimate of drug-likeness (QED) is 0.841. The summed E-state index contributed by atoms with van der Waals surface area (Å²) in [6.07, 6.45) is 1.42. The standard InChI is InChI=1S/C17H22N2O3S/c1-2-23(20,21)16-8-10-19(11-9-16)13-15-12-17(22-18-15)14-6-4-3-5-7-14/h3-7,12,16H,2,8-11,13H2,1H3. The highest BCUT2D eigenvalue weighted by atomic mass is 32.2. The van der Waals surface area contributed by atoms with Gasteiger partial charge in [0.1, 0.15) is 0 Å². The van der Waals surface area contributed by atoms with E-state index >= 15 is 0 Å². The van der Waals surface area contributed by atoms with E-state index in [1.807, 2.05) is 36.4 Å². The normalized spacial score (nSPS) is 17.4. The van der Waals surface area contributed by atoms with Crippen molar-refractivity contribution in [3.05, 3.63) is 42.1 Å². The molecule has 1 saturated heterocycles. The third-order valence-corrected chi connectivity index (χ3v) is 6.74. The first kappa shape index (κ1) is 16.2. The van der Waals surface area contributed by atoms with Crippen molar-refractivity contribution in [1.29, 1.82) is 0 Å². The van der Waals surface area contributed by atoms with Gasteiger partial charge in [-0.3, -0.25) is 4.90 Å². The lowest BCUT2D eigenvalue weighted by Crippen LogP contribution is -2.39. The summed E-state index contributed by atoms with van der Waals surface area (Å²) in [7, 11) is -2.91. The molecule has 23 heavy (non-hydrogen) atoms. The SMILES string of the molecule is CCS(=O)(=O)C1CCN(Cc2cc(-c3ccccc3)on2)CC1. The van der Waals surface area contributed by atoms with Crippen molar-refractivity contribution in [2.24, 2.45) is 0 Å². The van der Waals surface area contributed by atoms with E-state index in [2.05, 4.69) is 10.1 Å². The predicted molar refractivity (Wildman–Crippen MR) is 89.7 cm³/mol. The molecule has 0 spiro atoms. The first-order valence-corrected chi connectivity index (χ1v) is 9.75. The molecule has 2 heterocycles. The Hall–Kier alpha value is -1.66. The fourth-order valence-electron chi connectivity index (χ4n) is 3.02. The summed E-state index contributed by atoms with van der Waals surface area (Å²) >= 11 is 0. The van der Waals surface area contributed by atoms with Gasteiger partial charge >= 0.3 is 0 Å². The van der Waals surface area contributed by atoms with E-state index in [1.54, 1.807) is 6.92 Å². The lowest BCUT2D eigenvalue weighted by Gasteiger charge is -2.30. The minimum absolute atomic E-state index is 0.180. The number of hydrogen-bond donors (Lipinski definition) is 0. The first-order valence-electron chi connectivity index (χ1n) is 8.03. The number of piperidine rings is 1. The monoisotopic (exact) mass is 334 g/mol. The average Bonchev–Trinajstić information content (AvgIpc) is 3.05. The number of likely N-dealkylation sites (tertiary alicyclic amines) is 1. The molecule has 1 fully saturated rings. The van der Waals surface area contributed by atoms with Crippen LogP contribution in [0.5, 0.6) is 0 Å². The molecule has 0 N–H and O–H groups in total. The Morgan fingerprint density at radius 3 is 2.57 bits per heavy atom. The minimum Gasteiger partial charge on any atom is -0.356 e. The molecule has 0 aliphatic carbocycles. The van der Waals surface area contributed by atoms with E-state index in [4.69, 9.17) is 4.52 Å². The Morgan fingerprint density at radius 1 is 1.22 bits per heavy atom. The molecule has 0 atom stereocenters. The number of benzene rings is 1. The molecule has 0 radical (unpaired) electrons. The van der Waals surface area contributed by atoms with Crippen molar-refractivity contribution >= 4 is 9.84 Å². The second-order valence-corrected chi connectivity index (χ2v) is 8.55. The summed E-state index contributed by atoms with van der Waals surface area (Å²) < 4.78 is 29.3. The van der Waals surface area contributed by atoms with Crippen molar-refractivity contribution in [1.82, 2.24) is 10.1 Å². The zero-order valence-electron chi connectivity index (χ0n) is 13.3. The number of rotatable bonds is 5. The third-order valence-electron chi connectivity index (χ3n) is 4.45. The van der Waals surface area contributed by atoms with E-state index in [9.17, 15) is 8.42 Å². The van der Waals surface area contributed by atoms with Crippen LogP contribution < -0.4 is 0 Å². The van der Waals surface area contributed by atoms with Gasteiger partial charge in [0.2, 0.25) is 0 Å². The van der Waals surface area contributed by atoms with Crippen LogP contribution in [0.15, 0.2) is 40.9 Å². The van der Waals surface area contributed by atoms with Gasteiger partial charge in [0.15, 0.2) is 15.6 Å². The lowest BCUT2D eigenvalue weighted by atomic mass is 10.1. The minimum atomic E-state index is -2.91. The van der Waals surface area contributed by atoms with Crippen LogP contribution >= 0.6 is 0 Å². The van der Waals surface area contributed by atoms with E-state index in [-0.39, 0.29) is 11.0 Å². The maximum absolute atomic E-state index is 11.9. The zero-order chi connectivity index (χ0) is 16.3. The van der Waals surface area contributed by atoms with Crippen molar-refractivity contribution in [3.63, 3.8) is 0 Å². The third kappa shape index (κ3) is 3.82. The van der Waals surface area contributed by atoms with Crippen LogP contribution in [-0.2, 0) is 16.4 Å². The molecule has 5 nitrogen and oxygen atoms in total. The Bertz CT molecular complexity index is 732. The first-order chi connectivity index (χ1) is 11.1. The van der Waals surface area contributed by atoms with Crippen LogP contribution in [0, 0.1) is 0 Å². The summed E-state index contributed by atoms with van der Waals surface area (Å²) in [6, 6.07) is 11.9. The molecule has 0 bridgehead atoms. The second-order valence-electron chi connectivity index (χ2n) is 5.98. The van der Waals surface area contributed by atoms with Gasteiger partial charge in [-0.2, -0.15) is 0 Å². The molecule has 1 aliphatic heterocycles. The smallest absolute Gasteiger partial charge is 0.167 e. The van der Waals surface area contributed by atoms with Crippen molar-refractivity contribution < 1.29 is 12.9 Å². The van der Waals surface area contributed by atoms with Crippen molar-refractivity contribution in [2.75, 3.05) is 18.8 Å². The molecule has 124 valence electrons. The number of aromatic nitrogens is 1. The van der Waals surface area contributed by atoms with Gasteiger partial charge in [-0.05, 0) is 25.9 Å². The molecule has 3 rings (SSSR count). The molecule has 0 saturated carbocycles. The molecular weight excluding hydrogens is 312 g/mol. The maximum Gasteiger partial charge on any atom is 0.167 e. The van der Waals surface area contributed by atoms with Gasteiger partial charge in [0, 0.05) is 23.9 Å². The molecular formula is C17H22N2O3S. The average molecular weight is 334 g/mol. The van der Waals surface area contributed by atoms with Crippen LogP contribution in [0.1, 0.15) is 25.5 Å². The molecule has 1 aromatic heterocycles. The molecule has 2 aromatic rings. The number of nitrogens with zero attached hydrogens (tertiary/aromatic N) is 2. The topological polar surface area (TPSA) is 63.4 Å². The molecule has 1 aromatic carbocycles. The molecule has 0 unspecified atom stereocenters. The van der Waals surface area contributed by atoms with Gasteiger partial charge < -0.3 is 4.52 Å². The van der Waals surface area contributed by atoms with Gasteiger partial charge in [-0.1, -0.05) is 42.4 Å². The van der Waals surface area contributed by atoms with Gasteiger partial charge in [-0.25, -0.2) is 8.42 Å². The zero-order valence-corrected chi connectivity index (χ0v) is 14.1. The molecule has 6 heteroatoms. The summed E-state index contributed by atoms with van der Waals surface area (Å²) in [5.74, 6) is 1.01. The highest BCUT2D eigenvalue weighted by molar-refractivity contribution is 7.92. The van der Waals surface area contributed by atoms with E-state index in [0.717, 1.165) is 30.1 Å². The van der Waals surface area contributed by atoms with E-state index in [0.29, 0.717) is 19.4 Å². The fourth-order valence-corrected chi connectivity index (χ4v) is 4.42. The number of sulfone groups is 1. The molecule has 0 amide bonds. The Balaban J connectivity index is 1.59. The summed E-state index contributed by atoms with van der Waals surface area (Å²) in [6.45, 7) is 4.01. The lowest BCUT2D eigenvalue weighted by molar-refractivity contribution is 0.216. The van der Waals surface area contributed by atoms with Crippen molar-refractivity contribution in [2.45, 2.75) is 31.6 Å². The predicted octanol–water partition coefficient (Wildman–Crippen LogP) is 2.74. The number of hydrogen-bond acceptors (Lipinski definition) is 5. The van der Waals surface area contributed by atoms with Crippen LogP contribution in [0.25, 0.3) is 11.3 Å². The maximum atomic E-state index is 11.9. The van der Waals surface area contributed by atoms with Gasteiger partial charge in [-0.15, -0.1) is 0 Å². The fraction of sp³-hybridized carbons (Fsp3) is 0.471. The van der Waals surface area contributed by atoms with Gasteiger partial charge in [0.05, 0.1) is 10.9 Å².